The Morgan fingerprint density at radius 2 is 1.76 bits per heavy atom. The van der Waals surface area contributed by atoms with Gasteiger partial charge < -0.3 is 19.5 Å². The van der Waals surface area contributed by atoms with E-state index in [1.807, 2.05) is 0 Å². The molecule has 0 radical (unpaired) electrons. The Kier molecular flexibility index (Phi) is 7.40. The van der Waals surface area contributed by atoms with E-state index >= 15 is 0 Å². The normalized spacial score (nSPS) is 20.5. The molecule has 1 N–H and O–H groups in total. The first-order valence-corrected chi connectivity index (χ1v) is 11.2. The third kappa shape index (κ3) is 5.03. The molecule has 2 aromatic rings. The Bertz CT molecular complexity index is 1080. The van der Waals surface area contributed by atoms with Gasteiger partial charge in [-0.05, 0) is 42.0 Å². The predicted octanol–water partition coefficient (Wildman–Crippen LogP) is 3.14. The van der Waals surface area contributed by atoms with E-state index in [1.54, 1.807) is 30.3 Å². The summed E-state index contributed by atoms with van der Waals surface area (Å²) in [5.74, 6) is -1.57. The van der Waals surface area contributed by atoms with Crippen molar-refractivity contribution in [3.63, 3.8) is 0 Å². The number of ether oxygens (including phenoxy) is 2. The minimum atomic E-state index is -0.821. The van der Waals surface area contributed by atoms with Crippen molar-refractivity contribution in [2.24, 2.45) is 0 Å². The molecule has 1 atom stereocenters. The fourth-order valence-electron chi connectivity index (χ4n) is 4.20. The molecule has 2 heterocycles. The van der Waals surface area contributed by atoms with Crippen molar-refractivity contribution in [1.29, 1.82) is 0 Å². The number of aliphatic hydroxyl groups is 1. The molecule has 178 valence electrons. The molecule has 4 rings (SSSR count). The molecular formula is C26H27FN2O5. The number of carbonyl (C=O) groups excluding carboxylic acids is 2. The van der Waals surface area contributed by atoms with Crippen LogP contribution in [0.5, 0.6) is 5.75 Å². The van der Waals surface area contributed by atoms with E-state index in [0.717, 1.165) is 13.1 Å². The molecule has 7 nitrogen and oxygen atoms in total. The van der Waals surface area contributed by atoms with Crippen LogP contribution in [-0.2, 0) is 14.3 Å². The van der Waals surface area contributed by atoms with Gasteiger partial charge in [-0.1, -0.05) is 24.8 Å². The van der Waals surface area contributed by atoms with Gasteiger partial charge in [0, 0.05) is 31.7 Å². The number of carbonyl (C=O) groups is 2. The van der Waals surface area contributed by atoms with Gasteiger partial charge in [-0.2, -0.15) is 0 Å². The average Bonchev–Trinajstić information content (AvgIpc) is 3.12. The van der Waals surface area contributed by atoms with Crippen molar-refractivity contribution in [3.8, 4) is 5.75 Å². The van der Waals surface area contributed by atoms with Crippen molar-refractivity contribution in [1.82, 2.24) is 9.80 Å². The molecular weight excluding hydrogens is 439 g/mol. The summed E-state index contributed by atoms with van der Waals surface area (Å²) in [5, 5.41) is 11.1. The van der Waals surface area contributed by atoms with Crippen molar-refractivity contribution >= 4 is 17.4 Å². The number of morpholine rings is 1. The lowest BCUT2D eigenvalue weighted by molar-refractivity contribution is -0.140. The molecule has 0 spiro atoms. The van der Waals surface area contributed by atoms with Gasteiger partial charge in [0.2, 0.25) is 0 Å². The fourth-order valence-corrected chi connectivity index (χ4v) is 4.20. The monoisotopic (exact) mass is 466 g/mol. The number of likely N-dealkylation sites (tertiary alicyclic amines) is 1. The van der Waals surface area contributed by atoms with Crippen LogP contribution in [0.4, 0.5) is 4.39 Å². The Balaban J connectivity index is 1.68. The molecule has 2 saturated heterocycles. The number of halogens is 1. The van der Waals surface area contributed by atoms with Gasteiger partial charge in [0.15, 0.2) is 0 Å². The number of amides is 1. The van der Waals surface area contributed by atoms with Gasteiger partial charge in [0.25, 0.3) is 11.7 Å². The Labute approximate surface area is 197 Å². The SMILES string of the molecule is C=CCOc1ccc(C(O)=C2C(=O)C(=O)N(CCN3CCOCC3)[C@@H]2c2ccc(F)cc2)cc1. The van der Waals surface area contributed by atoms with E-state index in [-0.39, 0.29) is 17.9 Å². The first-order chi connectivity index (χ1) is 16.5. The minimum absolute atomic E-state index is 0.0154. The van der Waals surface area contributed by atoms with E-state index in [2.05, 4.69) is 11.5 Å². The van der Waals surface area contributed by atoms with Crippen LogP contribution in [0, 0.1) is 5.82 Å². The number of hydrogen-bond acceptors (Lipinski definition) is 6. The largest absolute Gasteiger partial charge is 0.507 e. The molecule has 8 heteroatoms. The van der Waals surface area contributed by atoms with Gasteiger partial charge in [-0.25, -0.2) is 4.39 Å². The molecule has 1 amide bonds. The van der Waals surface area contributed by atoms with Crippen LogP contribution in [0.1, 0.15) is 17.2 Å². The third-order valence-electron chi connectivity index (χ3n) is 5.98. The number of benzene rings is 2. The maximum Gasteiger partial charge on any atom is 0.295 e. The zero-order valence-corrected chi connectivity index (χ0v) is 18.8. The quantitative estimate of drug-likeness (QED) is 0.279. The highest BCUT2D eigenvalue weighted by Crippen LogP contribution is 2.39. The Morgan fingerprint density at radius 3 is 2.41 bits per heavy atom. The molecule has 0 aromatic heterocycles. The first kappa shape index (κ1) is 23.7. The van der Waals surface area contributed by atoms with Gasteiger partial charge in [0.05, 0.1) is 24.8 Å². The van der Waals surface area contributed by atoms with Crippen LogP contribution in [0.15, 0.2) is 66.8 Å². The summed E-state index contributed by atoms with van der Waals surface area (Å²) in [4.78, 5) is 29.7. The summed E-state index contributed by atoms with van der Waals surface area (Å²) in [6, 6.07) is 11.4. The molecule has 2 aliphatic heterocycles. The van der Waals surface area contributed by atoms with Crippen molar-refractivity contribution < 1.29 is 28.6 Å². The van der Waals surface area contributed by atoms with E-state index < -0.39 is 23.5 Å². The number of aliphatic hydroxyl groups excluding tert-OH is 1. The third-order valence-corrected chi connectivity index (χ3v) is 5.98. The fraction of sp³-hybridized carbons (Fsp3) is 0.308. The Morgan fingerprint density at radius 1 is 1.09 bits per heavy atom. The van der Waals surface area contributed by atoms with E-state index in [9.17, 15) is 19.1 Å². The van der Waals surface area contributed by atoms with Crippen LogP contribution < -0.4 is 4.74 Å². The standard InChI is InChI=1S/C26H27FN2O5/c1-2-15-34-21-9-5-19(6-10-21)24(30)22-23(18-3-7-20(27)8-4-18)29(26(32)25(22)31)12-11-28-13-16-33-17-14-28/h2-10,23,30H,1,11-17H2/t23-/m1/s1. The number of hydrogen-bond donors (Lipinski definition) is 1. The smallest absolute Gasteiger partial charge is 0.295 e. The van der Waals surface area contributed by atoms with E-state index in [0.29, 0.717) is 43.2 Å². The zero-order valence-electron chi connectivity index (χ0n) is 18.8. The second-order valence-corrected chi connectivity index (χ2v) is 8.12. The highest BCUT2D eigenvalue weighted by atomic mass is 19.1. The molecule has 2 aromatic carbocycles. The predicted molar refractivity (Wildman–Crippen MR) is 125 cm³/mol. The molecule has 34 heavy (non-hydrogen) atoms. The second kappa shape index (κ2) is 10.6. The van der Waals surface area contributed by atoms with Gasteiger partial charge in [-0.15, -0.1) is 0 Å². The summed E-state index contributed by atoms with van der Waals surface area (Å²) in [5.41, 5.74) is 0.914. The van der Waals surface area contributed by atoms with Crippen molar-refractivity contribution in [3.05, 3.63) is 83.7 Å². The maximum absolute atomic E-state index is 13.6. The van der Waals surface area contributed by atoms with Crippen LogP contribution in [-0.4, -0.2) is 72.6 Å². The number of rotatable bonds is 8. The summed E-state index contributed by atoms with van der Waals surface area (Å²) >= 11 is 0. The number of Topliss-reactive ketones (excluding diaryl/α,β-unsaturated/α-hetero) is 1. The van der Waals surface area contributed by atoms with Gasteiger partial charge in [0.1, 0.15) is 23.9 Å². The topological polar surface area (TPSA) is 79.3 Å². The van der Waals surface area contributed by atoms with Crippen molar-refractivity contribution in [2.75, 3.05) is 46.0 Å². The summed E-state index contributed by atoms with van der Waals surface area (Å²) in [6.07, 6.45) is 1.62. The number of ketones is 1. The highest BCUT2D eigenvalue weighted by molar-refractivity contribution is 6.46. The molecule has 0 aliphatic carbocycles. The molecule has 2 fully saturated rings. The zero-order chi connectivity index (χ0) is 24.1. The molecule has 0 saturated carbocycles. The highest BCUT2D eigenvalue weighted by Gasteiger charge is 2.46. The summed E-state index contributed by atoms with van der Waals surface area (Å²) < 4.78 is 24.5. The van der Waals surface area contributed by atoms with Crippen LogP contribution >= 0.6 is 0 Å². The first-order valence-electron chi connectivity index (χ1n) is 11.2. The van der Waals surface area contributed by atoms with Crippen LogP contribution in [0.25, 0.3) is 5.76 Å². The average molecular weight is 467 g/mol. The van der Waals surface area contributed by atoms with Gasteiger partial charge in [-0.3, -0.25) is 14.5 Å². The lowest BCUT2D eigenvalue weighted by Gasteiger charge is -2.31. The van der Waals surface area contributed by atoms with Crippen LogP contribution in [0.3, 0.4) is 0 Å². The second-order valence-electron chi connectivity index (χ2n) is 8.12. The molecule has 0 bridgehead atoms. The Hall–Kier alpha value is -3.49. The van der Waals surface area contributed by atoms with Crippen LogP contribution in [0.2, 0.25) is 0 Å². The maximum atomic E-state index is 13.6. The van der Waals surface area contributed by atoms with Gasteiger partial charge >= 0.3 is 0 Å². The summed E-state index contributed by atoms with van der Waals surface area (Å²) in [6.45, 7) is 7.51. The number of nitrogens with zero attached hydrogens (tertiary/aromatic N) is 2. The summed E-state index contributed by atoms with van der Waals surface area (Å²) in [7, 11) is 0. The lowest BCUT2D eigenvalue weighted by atomic mass is 9.95. The van der Waals surface area contributed by atoms with Crippen molar-refractivity contribution in [2.45, 2.75) is 6.04 Å². The van der Waals surface area contributed by atoms with E-state index in [1.165, 1.54) is 29.2 Å². The molecule has 2 aliphatic rings. The lowest BCUT2D eigenvalue weighted by Crippen LogP contribution is -2.42. The minimum Gasteiger partial charge on any atom is -0.507 e. The molecule has 0 unspecified atom stereocenters. The van der Waals surface area contributed by atoms with E-state index in [4.69, 9.17) is 9.47 Å².